The van der Waals surface area contributed by atoms with Gasteiger partial charge in [0.2, 0.25) is 5.60 Å². The van der Waals surface area contributed by atoms with Crippen molar-refractivity contribution in [1.82, 2.24) is 14.8 Å². The molecule has 1 fully saturated rings. The van der Waals surface area contributed by atoms with Gasteiger partial charge >= 0.3 is 12.4 Å². The van der Waals surface area contributed by atoms with Gasteiger partial charge in [-0.2, -0.15) is 26.3 Å². The number of carbonyl (C=O) groups excluding carboxylic acids is 2. The molecule has 3 aromatic rings. The number of hydrogen-bond donors (Lipinski definition) is 1. The lowest BCUT2D eigenvalue weighted by Crippen LogP contribution is -2.69. The molecule has 51 heavy (non-hydrogen) atoms. The molecule has 2 aromatic heterocycles. The van der Waals surface area contributed by atoms with Gasteiger partial charge in [-0.3, -0.25) is 14.6 Å². The topological polar surface area (TPSA) is 83.0 Å². The van der Waals surface area contributed by atoms with Crippen molar-refractivity contribution < 1.29 is 50.2 Å². The molecule has 0 bridgehead atoms. The number of pyridine rings is 1. The van der Waals surface area contributed by atoms with Crippen LogP contribution in [0.1, 0.15) is 97.3 Å². The summed E-state index contributed by atoms with van der Waals surface area (Å²) in [6.45, 7) is 3.44. The molecule has 0 aliphatic carbocycles. The molecule has 15 heteroatoms. The predicted molar refractivity (Wildman–Crippen MR) is 175 cm³/mol. The zero-order valence-corrected chi connectivity index (χ0v) is 29.0. The van der Waals surface area contributed by atoms with Crippen molar-refractivity contribution in [3.63, 3.8) is 0 Å². The van der Waals surface area contributed by atoms with Crippen LogP contribution in [-0.2, 0) is 30.1 Å². The lowest BCUT2D eigenvalue weighted by atomic mass is 9.78. The van der Waals surface area contributed by atoms with Crippen LogP contribution in [0.4, 0.5) is 30.7 Å². The van der Waals surface area contributed by atoms with Crippen molar-refractivity contribution in [3.8, 4) is 5.75 Å². The quantitative estimate of drug-likeness (QED) is 0.200. The molecule has 7 nitrogen and oxygen atoms in total. The highest BCUT2D eigenvalue weighted by Crippen LogP contribution is 2.44. The first-order chi connectivity index (χ1) is 24.0. The summed E-state index contributed by atoms with van der Waals surface area (Å²) in [4.78, 5) is 35.0. The molecule has 0 spiro atoms. The minimum absolute atomic E-state index is 0.00322. The van der Waals surface area contributed by atoms with Gasteiger partial charge in [-0.05, 0) is 80.8 Å². The van der Waals surface area contributed by atoms with Crippen LogP contribution in [0.3, 0.4) is 0 Å². The molecule has 4 heterocycles. The minimum Gasteiger partial charge on any atom is -0.474 e. The minimum atomic E-state index is -4.91. The van der Waals surface area contributed by atoms with Crippen molar-refractivity contribution in [2.24, 2.45) is 0 Å². The molecule has 2 aliphatic heterocycles. The number of likely N-dealkylation sites (tertiary alicyclic amines) is 1. The van der Waals surface area contributed by atoms with Crippen molar-refractivity contribution in [2.45, 2.75) is 114 Å². The average Bonchev–Trinajstić information content (AvgIpc) is 3.55. The number of nitrogens with zero attached hydrogens (tertiary/aromatic N) is 3. The van der Waals surface area contributed by atoms with E-state index >= 15 is 4.79 Å². The van der Waals surface area contributed by atoms with Crippen LogP contribution in [0.2, 0.25) is 0 Å². The van der Waals surface area contributed by atoms with E-state index in [1.165, 1.54) is 17.0 Å². The summed E-state index contributed by atoms with van der Waals surface area (Å²) in [6.07, 6.45) is -6.49. The second kappa shape index (κ2) is 15.5. The van der Waals surface area contributed by atoms with Crippen LogP contribution in [0.5, 0.6) is 5.75 Å². The zero-order chi connectivity index (χ0) is 37.1. The summed E-state index contributed by atoms with van der Waals surface area (Å²) in [7, 11) is 0. The number of halogens is 7. The van der Waals surface area contributed by atoms with Gasteiger partial charge in [0.05, 0.1) is 17.7 Å². The first kappa shape index (κ1) is 38.5. The van der Waals surface area contributed by atoms with Crippen molar-refractivity contribution in [2.75, 3.05) is 6.54 Å². The van der Waals surface area contributed by atoms with Crippen LogP contribution in [0.15, 0.2) is 48.0 Å². The molecule has 2 aliphatic rings. The number of alkyl halides is 6. The Bertz CT molecular complexity index is 1700. The van der Waals surface area contributed by atoms with E-state index in [1.807, 2.05) is 6.92 Å². The van der Waals surface area contributed by atoms with Crippen LogP contribution >= 0.6 is 11.3 Å². The Morgan fingerprint density at radius 1 is 1.06 bits per heavy atom. The number of piperidine rings is 1. The van der Waals surface area contributed by atoms with Crippen LogP contribution in [0.25, 0.3) is 0 Å². The maximum Gasteiger partial charge on any atom is 0.425 e. The Balaban J connectivity index is 1.64. The van der Waals surface area contributed by atoms with Gasteiger partial charge in [-0.1, -0.05) is 25.8 Å². The second-order valence-corrected chi connectivity index (χ2v) is 14.2. The Hall–Kier alpha value is -3.72. The zero-order valence-electron chi connectivity index (χ0n) is 28.2. The van der Waals surface area contributed by atoms with Gasteiger partial charge in [-0.15, -0.1) is 11.3 Å². The number of ether oxygens (including phenoxy) is 1. The molecular formula is C36H40F7N3O4S. The van der Waals surface area contributed by atoms with Gasteiger partial charge < -0.3 is 19.6 Å². The van der Waals surface area contributed by atoms with Gasteiger partial charge in [0, 0.05) is 43.2 Å². The third kappa shape index (κ3) is 8.51. The number of unbranched alkanes of at least 4 members (excludes halogenated alkanes) is 1. The smallest absolute Gasteiger partial charge is 0.425 e. The highest BCUT2D eigenvalue weighted by atomic mass is 32.1. The molecule has 1 N–H and O–H groups in total. The normalized spacial score (nSPS) is 21.7. The summed E-state index contributed by atoms with van der Waals surface area (Å²) >= 11 is 0.376. The van der Waals surface area contributed by atoms with E-state index in [-0.39, 0.29) is 44.5 Å². The number of fused-ring (bicyclic) bond motifs is 1. The molecule has 0 radical (unpaired) electrons. The molecular weight excluding hydrogens is 703 g/mol. The molecule has 278 valence electrons. The van der Waals surface area contributed by atoms with E-state index in [4.69, 9.17) is 4.74 Å². The molecule has 1 aromatic carbocycles. The maximum absolute atomic E-state index is 15.3. The first-order valence-electron chi connectivity index (χ1n) is 17.0. The number of benzene rings is 1. The predicted octanol–water partition coefficient (Wildman–Crippen LogP) is 8.44. The van der Waals surface area contributed by atoms with Gasteiger partial charge in [-0.25, -0.2) is 4.39 Å². The molecule has 5 rings (SSSR count). The summed E-state index contributed by atoms with van der Waals surface area (Å²) in [5.74, 6) is -2.41. The number of hydrogen-bond acceptors (Lipinski definition) is 6. The Morgan fingerprint density at radius 3 is 2.49 bits per heavy atom. The fourth-order valence-corrected chi connectivity index (χ4v) is 7.88. The van der Waals surface area contributed by atoms with Crippen LogP contribution < -0.4 is 4.74 Å². The number of amides is 2. The van der Waals surface area contributed by atoms with E-state index in [0.717, 1.165) is 29.8 Å². The Kier molecular flexibility index (Phi) is 11.7. The summed E-state index contributed by atoms with van der Waals surface area (Å²) in [5.41, 5.74) is -2.77. The lowest BCUT2D eigenvalue weighted by molar-refractivity contribution is -0.163. The number of aromatic nitrogens is 1. The van der Waals surface area contributed by atoms with Crippen molar-refractivity contribution >= 4 is 23.2 Å². The largest absolute Gasteiger partial charge is 0.474 e. The van der Waals surface area contributed by atoms with Gasteiger partial charge in [0.1, 0.15) is 22.1 Å². The van der Waals surface area contributed by atoms with E-state index in [0.29, 0.717) is 54.6 Å². The molecule has 2 amide bonds. The number of rotatable bonds is 11. The SMILES string of the molecule is CCCC[C@H]1N(C(=O)c2ncccc2C(F)(F)F)CCC[C@@]1(Oc1csc(C(F)(F)F)c1)C(=O)N1Cc2ccc(F)cc2C[C@H]1CCCC(C)O. The monoisotopic (exact) mass is 743 g/mol. The fourth-order valence-electron chi connectivity index (χ4n) is 7.20. The second-order valence-electron chi connectivity index (χ2n) is 13.3. The maximum atomic E-state index is 15.3. The lowest BCUT2D eigenvalue weighted by Gasteiger charge is -2.51. The third-order valence-corrected chi connectivity index (χ3v) is 10.6. The number of carbonyl (C=O) groups is 2. The first-order valence-corrected chi connectivity index (χ1v) is 17.9. The van der Waals surface area contributed by atoms with Crippen molar-refractivity contribution in [1.29, 1.82) is 0 Å². The van der Waals surface area contributed by atoms with E-state index in [2.05, 4.69) is 4.98 Å². The Labute approximate surface area is 295 Å². The molecule has 0 saturated carbocycles. The fraction of sp³-hybridized carbons (Fsp3) is 0.528. The summed E-state index contributed by atoms with van der Waals surface area (Å²) in [5, 5.41) is 11.1. The average molecular weight is 744 g/mol. The Morgan fingerprint density at radius 2 is 1.82 bits per heavy atom. The highest BCUT2D eigenvalue weighted by molar-refractivity contribution is 7.10. The van der Waals surface area contributed by atoms with E-state index in [1.54, 1.807) is 17.9 Å². The number of aliphatic hydroxyl groups excluding tert-OH is 1. The van der Waals surface area contributed by atoms with Gasteiger partial charge in [0.15, 0.2) is 0 Å². The molecule has 1 saturated heterocycles. The standard InChI is InChI=1S/C36H40F7N3O4S/c1-3-4-11-29-34(50-27-19-30(51-21-27)36(41,42)43,14-7-16-45(29)32(48)31-28(35(38,39)40)10-6-15-44-31)33(49)46-20-23-12-13-25(37)17-24(23)18-26(46)9-5-8-22(2)47/h6,10,12-13,15,17,19,21-22,26,29,47H,3-5,7-9,11,14,16,18,20H2,1-2H3/t22?,26-,29-,34+/m1/s1. The number of thiophene rings is 1. The summed E-state index contributed by atoms with van der Waals surface area (Å²) in [6, 6.07) is 5.09. The third-order valence-electron chi connectivity index (χ3n) is 9.61. The van der Waals surface area contributed by atoms with Crippen LogP contribution in [0, 0.1) is 5.82 Å². The summed E-state index contributed by atoms with van der Waals surface area (Å²) < 4.78 is 104. The van der Waals surface area contributed by atoms with Crippen LogP contribution in [-0.4, -0.2) is 62.0 Å². The molecule has 4 atom stereocenters. The van der Waals surface area contributed by atoms with E-state index < -0.39 is 69.9 Å². The number of aliphatic hydroxyl groups is 1. The highest BCUT2D eigenvalue weighted by Gasteiger charge is 2.57. The van der Waals surface area contributed by atoms with Gasteiger partial charge in [0.25, 0.3) is 11.8 Å². The van der Waals surface area contributed by atoms with Crippen molar-refractivity contribution in [3.05, 3.63) is 81.1 Å². The van der Waals surface area contributed by atoms with E-state index in [9.17, 15) is 40.6 Å². The molecule has 1 unspecified atom stereocenters.